The maximum Gasteiger partial charge on any atom is 0.407 e. The Hall–Kier alpha value is -3.12. The molecule has 2 aromatic heterocycles. The SMILES string of the molecule is CNc1nc(Cl)nc2c1ncn2CCCCOC(=O)NCc1ccc(NS(=O)(=O)C2CCCCC2)cc1. The molecule has 3 aromatic rings. The number of amides is 1. The van der Waals surface area contributed by atoms with Crippen LogP contribution in [-0.4, -0.2) is 52.9 Å². The molecule has 0 radical (unpaired) electrons. The smallest absolute Gasteiger partial charge is 0.407 e. The molecule has 13 heteroatoms. The van der Waals surface area contributed by atoms with Crippen molar-refractivity contribution < 1.29 is 17.9 Å². The van der Waals surface area contributed by atoms with Gasteiger partial charge in [0.25, 0.3) is 0 Å². The van der Waals surface area contributed by atoms with E-state index in [2.05, 4.69) is 30.3 Å². The molecular formula is C24H32ClN7O4S. The number of carbonyl (C=O) groups excluding carboxylic acids is 1. The molecule has 200 valence electrons. The molecule has 1 aliphatic rings. The maximum atomic E-state index is 12.6. The molecule has 1 amide bonds. The van der Waals surface area contributed by atoms with Gasteiger partial charge in [-0.15, -0.1) is 0 Å². The number of anilines is 2. The van der Waals surface area contributed by atoms with Gasteiger partial charge in [-0.1, -0.05) is 31.4 Å². The second-order valence-electron chi connectivity index (χ2n) is 9.00. The lowest BCUT2D eigenvalue weighted by molar-refractivity contribution is 0.143. The number of aromatic nitrogens is 4. The number of halogens is 1. The van der Waals surface area contributed by atoms with Gasteiger partial charge < -0.3 is 19.9 Å². The fraction of sp³-hybridized carbons (Fsp3) is 0.500. The zero-order valence-corrected chi connectivity index (χ0v) is 22.3. The van der Waals surface area contributed by atoms with E-state index in [4.69, 9.17) is 16.3 Å². The van der Waals surface area contributed by atoms with E-state index in [0.717, 1.165) is 31.2 Å². The summed E-state index contributed by atoms with van der Waals surface area (Å²) in [5.74, 6) is 0.573. The number of carbonyl (C=O) groups is 1. The second kappa shape index (κ2) is 12.4. The van der Waals surface area contributed by atoms with Gasteiger partial charge in [0.1, 0.15) is 0 Å². The largest absolute Gasteiger partial charge is 0.450 e. The van der Waals surface area contributed by atoms with E-state index in [-0.39, 0.29) is 23.7 Å². The number of aryl methyl sites for hydroxylation is 1. The summed E-state index contributed by atoms with van der Waals surface area (Å²) in [7, 11) is -1.63. The molecule has 0 bridgehead atoms. The number of fused-ring (bicyclic) bond motifs is 1. The van der Waals surface area contributed by atoms with E-state index in [1.807, 2.05) is 4.57 Å². The highest BCUT2D eigenvalue weighted by molar-refractivity contribution is 7.93. The van der Waals surface area contributed by atoms with Gasteiger partial charge in [-0.25, -0.2) is 18.2 Å². The molecule has 3 N–H and O–H groups in total. The van der Waals surface area contributed by atoms with Crippen LogP contribution >= 0.6 is 11.6 Å². The summed E-state index contributed by atoms with van der Waals surface area (Å²) in [6.07, 6.45) is 7.04. The number of nitrogens with zero attached hydrogens (tertiary/aromatic N) is 4. The number of unbranched alkanes of at least 4 members (excludes halogenated alkanes) is 1. The van der Waals surface area contributed by atoms with Gasteiger partial charge >= 0.3 is 6.09 Å². The first-order valence-corrected chi connectivity index (χ1v) is 14.4. The number of alkyl carbamates (subject to hydrolysis) is 1. The third kappa shape index (κ3) is 7.22. The van der Waals surface area contributed by atoms with Crippen molar-refractivity contribution in [2.75, 3.05) is 23.7 Å². The first-order chi connectivity index (χ1) is 17.9. The van der Waals surface area contributed by atoms with E-state index >= 15 is 0 Å². The summed E-state index contributed by atoms with van der Waals surface area (Å²) in [6.45, 7) is 1.20. The van der Waals surface area contributed by atoms with Crippen molar-refractivity contribution in [2.24, 2.45) is 0 Å². The number of sulfonamides is 1. The van der Waals surface area contributed by atoms with Crippen molar-refractivity contribution in [2.45, 2.75) is 63.3 Å². The minimum absolute atomic E-state index is 0.147. The maximum absolute atomic E-state index is 12.6. The summed E-state index contributed by atoms with van der Waals surface area (Å²) in [4.78, 5) is 24.8. The fourth-order valence-corrected chi connectivity index (χ4v) is 6.09. The van der Waals surface area contributed by atoms with E-state index in [1.165, 1.54) is 0 Å². The Morgan fingerprint density at radius 1 is 1.14 bits per heavy atom. The molecule has 0 saturated heterocycles. The summed E-state index contributed by atoms with van der Waals surface area (Å²) in [6, 6.07) is 6.98. The topological polar surface area (TPSA) is 140 Å². The Morgan fingerprint density at radius 2 is 1.89 bits per heavy atom. The highest BCUT2D eigenvalue weighted by Gasteiger charge is 2.27. The lowest BCUT2D eigenvalue weighted by atomic mass is 10.0. The molecule has 1 aromatic carbocycles. The highest BCUT2D eigenvalue weighted by atomic mass is 35.5. The molecule has 1 aliphatic carbocycles. The summed E-state index contributed by atoms with van der Waals surface area (Å²) < 4.78 is 35.0. The summed E-state index contributed by atoms with van der Waals surface area (Å²) >= 11 is 5.99. The number of hydrogen-bond acceptors (Lipinski definition) is 8. The van der Waals surface area contributed by atoms with Crippen LogP contribution in [-0.2, 0) is 27.8 Å². The van der Waals surface area contributed by atoms with Gasteiger partial charge in [-0.2, -0.15) is 9.97 Å². The molecule has 0 spiro atoms. The lowest BCUT2D eigenvalue weighted by Gasteiger charge is -2.22. The average molecular weight is 550 g/mol. The number of nitrogens with one attached hydrogen (secondary N) is 3. The van der Waals surface area contributed by atoms with Crippen LogP contribution < -0.4 is 15.4 Å². The molecule has 0 aliphatic heterocycles. The van der Waals surface area contributed by atoms with Crippen LogP contribution in [0.1, 0.15) is 50.5 Å². The predicted octanol–water partition coefficient (Wildman–Crippen LogP) is 4.30. The van der Waals surface area contributed by atoms with E-state index in [9.17, 15) is 13.2 Å². The van der Waals surface area contributed by atoms with Crippen molar-refractivity contribution in [1.29, 1.82) is 0 Å². The molecule has 0 atom stereocenters. The zero-order valence-electron chi connectivity index (χ0n) is 20.7. The van der Waals surface area contributed by atoms with Crippen LogP contribution in [0.5, 0.6) is 0 Å². The van der Waals surface area contributed by atoms with Crippen LogP contribution in [0.2, 0.25) is 5.28 Å². The number of hydrogen-bond donors (Lipinski definition) is 3. The van der Waals surface area contributed by atoms with E-state index in [1.54, 1.807) is 37.6 Å². The van der Waals surface area contributed by atoms with Gasteiger partial charge in [0.2, 0.25) is 15.3 Å². The van der Waals surface area contributed by atoms with Crippen molar-refractivity contribution in [3.05, 3.63) is 41.4 Å². The monoisotopic (exact) mass is 549 g/mol. The number of rotatable bonds is 11. The van der Waals surface area contributed by atoms with Crippen molar-refractivity contribution >= 4 is 50.4 Å². The van der Waals surface area contributed by atoms with E-state index in [0.29, 0.717) is 48.5 Å². The molecule has 0 unspecified atom stereocenters. The van der Waals surface area contributed by atoms with E-state index < -0.39 is 16.1 Å². The molecule has 11 nitrogen and oxygen atoms in total. The zero-order chi connectivity index (χ0) is 26.3. The van der Waals surface area contributed by atoms with Crippen LogP contribution in [0.3, 0.4) is 0 Å². The van der Waals surface area contributed by atoms with Crippen LogP contribution in [0, 0.1) is 0 Å². The van der Waals surface area contributed by atoms with Crippen molar-refractivity contribution in [3.8, 4) is 0 Å². The van der Waals surface area contributed by atoms with Gasteiger partial charge in [-0.3, -0.25) is 4.72 Å². The summed E-state index contributed by atoms with van der Waals surface area (Å²) in [5, 5.41) is 5.49. The van der Waals surface area contributed by atoms with Crippen LogP contribution in [0.25, 0.3) is 11.2 Å². The minimum Gasteiger partial charge on any atom is -0.450 e. The molecule has 1 saturated carbocycles. The van der Waals surface area contributed by atoms with Crippen LogP contribution in [0.4, 0.5) is 16.3 Å². The first kappa shape index (κ1) is 26.9. The third-order valence-corrected chi connectivity index (χ3v) is 8.38. The Kier molecular flexibility index (Phi) is 9.04. The Bertz CT molecular complexity index is 1310. The Morgan fingerprint density at radius 3 is 2.62 bits per heavy atom. The van der Waals surface area contributed by atoms with Gasteiger partial charge in [0.15, 0.2) is 17.0 Å². The third-order valence-electron chi connectivity index (χ3n) is 6.34. The number of imidazole rings is 1. The number of benzene rings is 1. The average Bonchev–Trinajstić information content (AvgIpc) is 3.30. The van der Waals surface area contributed by atoms with Gasteiger partial charge in [-0.05, 0) is 55.0 Å². The molecular weight excluding hydrogens is 518 g/mol. The molecule has 37 heavy (non-hydrogen) atoms. The van der Waals surface area contributed by atoms with Crippen molar-refractivity contribution in [3.63, 3.8) is 0 Å². The Balaban J connectivity index is 1.15. The lowest BCUT2D eigenvalue weighted by Crippen LogP contribution is -2.29. The second-order valence-corrected chi connectivity index (χ2v) is 11.3. The van der Waals surface area contributed by atoms with Gasteiger partial charge in [0.05, 0.1) is 18.2 Å². The summed E-state index contributed by atoms with van der Waals surface area (Å²) in [5.41, 5.74) is 2.66. The molecule has 1 fully saturated rings. The first-order valence-electron chi connectivity index (χ1n) is 12.4. The standard InChI is InChI=1S/C24H32ClN7O4S/c1-26-21-20-22(30-23(25)29-21)32(16-28-20)13-5-6-14-36-24(33)27-15-17-9-11-18(12-10-17)31-37(34,35)19-7-3-2-4-8-19/h9-12,16,19,31H,2-8,13-15H2,1H3,(H,27,33)(H,26,29,30). The normalized spacial score (nSPS) is 14.4. The minimum atomic E-state index is -3.38. The number of ether oxygens (including phenoxy) is 1. The molecule has 2 heterocycles. The highest BCUT2D eigenvalue weighted by Crippen LogP contribution is 2.25. The molecule has 4 rings (SSSR count). The fourth-order valence-electron chi connectivity index (χ4n) is 4.34. The van der Waals surface area contributed by atoms with Gasteiger partial charge in [0, 0.05) is 25.8 Å². The predicted molar refractivity (Wildman–Crippen MR) is 143 cm³/mol. The quantitative estimate of drug-likeness (QED) is 0.237. The van der Waals surface area contributed by atoms with Crippen molar-refractivity contribution in [1.82, 2.24) is 24.8 Å². The Labute approximate surface area is 221 Å². The van der Waals surface area contributed by atoms with Crippen LogP contribution in [0.15, 0.2) is 30.6 Å².